The van der Waals surface area contributed by atoms with Gasteiger partial charge in [-0.2, -0.15) is 0 Å². The molecule has 0 saturated heterocycles. The van der Waals surface area contributed by atoms with Gasteiger partial charge in [0, 0.05) is 11.3 Å². The fourth-order valence-electron chi connectivity index (χ4n) is 2.51. The highest BCUT2D eigenvalue weighted by molar-refractivity contribution is 5.95. The van der Waals surface area contributed by atoms with E-state index in [2.05, 4.69) is 10.6 Å². The van der Waals surface area contributed by atoms with Crippen molar-refractivity contribution in [2.45, 2.75) is 46.3 Å². The van der Waals surface area contributed by atoms with Crippen LogP contribution in [-0.4, -0.2) is 24.2 Å². The molecule has 6 nitrogen and oxygen atoms in total. The van der Waals surface area contributed by atoms with Crippen LogP contribution in [0.2, 0.25) is 0 Å². The van der Waals surface area contributed by atoms with Crippen LogP contribution < -0.4 is 15.4 Å². The highest BCUT2D eigenvalue weighted by atomic mass is 16.6. The number of hydrogen-bond acceptors (Lipinski definition) is 4. The molecule has 0 radical (unpaired) electrons. The highest BCUT2D eigenvalue weighted by Gasteiger charge is 2.16. The number of nitrogens with one attached hydrogen (secondary N) is 2. The minimum atomic E-state index is -0.569. The number of carbonyl (C=O) groups is 2. The van der Waals surface area contributed by atoms with E-state index in [-0.39, 0.29) is 11.9 Å². The molecule has 2 N–H and O–H groups in total. The smallest absolute Gasteiger partial charge is 0.412 e. The Morgan fingerprint density at radius 3 is 2.14 bits per heavy atom. The van der Waals surface area contributed by atoms with Gasteiger partial charge in [-0.15, -0.1) is 0 Å². The molecule has 2 aromatic carbocycles. The van der Waals surface area contributed by atoms with Crippen LogP contribution in [-0.2, 0) is 4.74 Å². The lowest BCUT2D eigenvalue weighted by atomic mass is 10.1. The van der Waals surface area contributed by atoms with Crippen LogP contribution in [0.25, 0.3) is 0 Å². The monoisotopic (exact) mass is 384 g/mol. The van der Waals surface area contributed by atoms with Crippen molar-refractivity contribution in [3.05, 3.63) is 59.7 Å². The van der Waals surface area contributed by atoms with Crippen molar-refractivity contribution < 1.29 is 19.1 Å². The fourth-order valence-corrected chi connectivity index (χ4v) is 2.51. The molecule has 0 heterocycles. The Labute approximate surface area is 166 Å². The van der Waals surface area contributed by atoms with E-state index >= 15 is 0 Å². The molecular weight excluding hydrogens is 356 g/mol. The van der Waals surface area contributed by atoms with E-state index in [1.165, 1.54) is 0 Å². The van der Waals surface area contributed by atoms with Gasteiger partial charge in [-0.1, -0.05) is 12.1 Å². The summed E-state index contributed by atoms with van der Waals surface area (Å²) in [5.74, 6) is 0.614. The van der Waals surface area contributed by atoms with Crippen LogP contribution in [0, 0.1) is 0 Å². The minimum Gasteiger partial charge on any atom is -0.494 e. The largest absolute Gasteiger partial charge is 0.494 e. The number of anilines is 1. The lowest BCUT2D eigenvalue weighted by molar-refractivity contribution is 0.0635. The van der Waals surface area contributed by atoms with E-state index in [9.17, 15) is 9.59 Å². The molecule has 28 heavy (non-hydrogen) atoms. The van der Waals surface area contributed by atoms with Crippen LogP contribution in [0.15, 0.2) is 48.5 Å². The van der Waals surface area contributed by atoms with E-state index < -0.39 is 11.7 Å². The first-order valence-corrected chi connectivity index (χ1v) is 9.31. The summed E-state index contributed by atoms with van der Waals surface area (Å²) < 4.78 is 10.6. The van der Waals surface area contributed by atoms with Gasteiger partial charge in [0.15, 0.2) is 0 Å². The summed E-state index contributed by atoms with van der Waals surface area (Å²) in [5, 5.41) is 5.61. The van der Waals surface area contributed by atoms with Crippen LogP contribution in [0.4, 0.5) is 10.5 Å². The van der Waals surface area contributed by atoms with E-state index in [1.807, 2.05) is 38.1 Å². The zero-order valence-electron chi connectivity index (χ0n) is 17.0. The van der Waals surface area contributed by atoms with Gasteiger partial charge in [-0.25, -0.2) is 4.79 Å². The number of hydrogen-bond donors (Lipinski definition) is 2. The van der Waals surface area contributed by atoms with E-state index in [4.69, 9.17) is 9.47 Å². The van der Waals surface area contributed by atoms with Gasteiger partial charge >= 0.3 is 6.09 Å². The molecule has 0 fully saturated rings. The summed E-state index contributed by atoms with van der Waals surface area (Å²) in [5.41, 5.74) is 1.49. The van der Waals surface area contributed by atoms with Gasteiger partial charge in [0.1, 0.15) is 11.4 Å². The molecule has 0 aliphatic rings. The van der Waals surface area contributed by atoms with Crippen molar-refractivity contribution in [2.24, 2.45) is 0 Å². The molecule has 0 aliphatic carbocycles. The van der Waals surface area contributed by atoms with Gasteiger partial charge < -0.3 is 14.8 Å². The maximum absolute atomic E-state index is 12.5. The van der Waals surface area contributed by atoms with Gasteiger partial charge in [0.05, 0.1) is 12.6 Å². The van der Waals surface area contributed by atoms with Gasteiger partial charge in [-0.3, -0.25) is 10.1 Å². The molecule has 6 heteroatoms. The third kappa shape index (κ3) is 6.61. The maximum atomic E-state index is 12.5. The second kappa shape index (κ2) is 9.26. The molecule has 2 aromatic rings. The molecule has 0 bridgehead atoms. The molecule has 150 valence electrons. The average molecular weight is 384 g/mol. The van der Waals surface area contributed by atoms with Crippen LogP contribution in [0.1, 0.15) is 56.6 Å². The van der Waals surface area contributed by atoms with Crippen molar-refractivity contribution in [1.82, 2.24) is 5.32 Å². The predicted octanol–water partition coefficient (Wildman–Crippen LogP) is 4.92. The third-order valence-electron chi connectivity index (χ3n) is 3.83. The van der Waals surface area contributed by atoms with Crippen LogP contribution in [0.3, 0.4) is 0 Å². The fraction of sp³-hybridized carbons (Fsp3) is 0.364. The summed E-state index contributed by atoms with van der Waals surface area (Å²) in [7, 11) is 0. The number of carbonyl (C=O) groups excluding carboxylic acids is 2. The molecule has 1 atom stereocenters. The maximum Gasteiger partial charge on any atom is 0.412 e. The van der Waals surface area contributed by atoms with E-state index in [0.717, 1.165) is 11.3 Å². The first-order chi connectivity index (χ1) is 13.2. The zero-order valence-corrected chi connectivity index (χ0v) is 17.0. The summed E-state index contributed by atoms with van der Waals surface area (Å²) in [6.45, 7) is 9.87. The Balaban J connectivity index is 1.94. The number of benzene rings is 2. The Hall–Kier alpha value is -3.02. The Morgan fingerprint density at radius 2 is 1.61 bits per heavy atom. The van der Waals surface area contributed by atoms with Crippen molar-refractivity contribution in [2.75, 3.05) is 11.9 Å². The molecule has 0 spiro atoms. The average Bonchev–Trinajstić information content (AvgIpc) is 2.61. The van der Waals surface area contributed by atoms with Gasteiger partial charge in [0.25, 0.3) is 5.91 Å². The van der Waals surface area contributed by atoms with E-state index in [0.29, 0.717) is 17.9 Å². The highest BCUT2D eigenvalue weighted by Crippen LogP contribution is 2.19. The summed E-state index contributed by atoms with van der Waals surface area (Å²) in [4.78, 5) is 24.3. The summed E-state index contributed by atoms with van der Waals surface area (Å²) >= 11 is 0. The first kappa shape index (κ1) is 21.3. The molecule has 2 rings (SSSR count). The SMILES string of the molecule is CCOc1ccc(C(C)NC(=O)c2ccc(NC(=O)OC(C)(C)C)cc2)cc1. The zero-order chi connectivity index (χ0) is 20.7. The summed E-state index contributed by atoms with van der Waals surface area (Å²) in [6, 6.07) is 14.1. The van der Waals surface area contributed by atoms with Crippen molar-refractivity contribution in [3.8, 4) is 5.75 Å². The quantitative estimate of drug-likeness (QED) is 0.741. The molecule has 0 saturated carbocycles. The Bertz CT molecular complexity index is 793. The molecule has 1 unspecified atom stereocenters. The molecule has 0 aliphatic heterocycles. The minimum absolute atomic E-state index is 0.150. The Kier molecular flexibility index (Phi) is 7.04. The van der Waals surface area contributed by atoms with E-state index in [1.54, 1.807) is 45.0 Å². The van der Waals surface area contributed by atoms with Crippen LogP contribution in [0.5, 0.6) is 5.75 Å². The second-order valence-corrected chi connectivity index (χ2v) is 7.40. The number of amides is 2. The lowest BCUT2D eigenvalue weighted by Gasteiger charge is -2.19. The van der Waals surface area contributed by atoms with Crippen molar-refractivity contribution >= 4 is 17.7 Å². The Morgan fingerprint density at radius 1 is 1.00 bits per heavy atom. The van der Waals surface area contributed by atoms with Crippen molar-refractivity contribution in [1.29, 1.82) is 0 Å². The van der Waals surface area contributed by atoms with Gasteiger partial charge in [0.2, 0.25) is 0 Å². The molecular formula is C22H28N2O4. The normalized spacial score (nSPS) is 12.0. The molecule has 0 aromatic heterocycles. The topological polar surface area (TPSA) is 76.7 Å². The number of rotatable bonds is 6. The second-order valence-electron chi connectivity index (χ2n) is 7.40. The first-order valence-electron chi connectivity index (χ1n) is 9.31. The number of ether oxygens (including phenoxy) is 2. The lowest BCUT2D eigenvalue weighted by Crippen LogP contribution is -2.27. The summed E-state index contributed by atoms with van der Waals surface area (Å²) in [6.07, 6.45) is -0.533. The van der Waals surface area contributed by atoms with Crippen LogP contribution >= 0.6 is 0 Å². The predicted molar refractivity (Wildman–Crippen MR) is 110 cm³/mol. The van der Waals surface area contributed by atoms with Gasteiger partial charge in [-0.05, 0) is 76.6 Å². The molecule has 2 amide bonds. The third-order valence-corrected chi connectivity index (χ3v) is 3.83. The van der Waals surface area contributed by atoms with Crippen molar-refractivity contribution in [3.63, 3.8) is 0 Å². The standard InChI is InChI=1S/C22H28N2O4/c1-6-27-19-13-9-16(10-14-19)15(2)23-20(25)17-7-11-18(12-8-17)24-21(26)28-22(3,4)5/h7-15H,6H2,1-5H3,(H,23,25)(H,24,26).